The van der Waals surface area contributed by atoms with E-state index >= 15 is 0 Å². The molecule has 0 aliphatic heterocycles. The Morgan fingerprint density at radius 3 is 2.88 bits per heavy atom. The molecule has 1 aromatic carbocycles. The first kappa shape index (κ1) is 15.8. The molecule has 2 aromatic heterocycles. The second-order valence-electron chi connectivity index (χ2n) is 6.53. The zero-order chi connectivity index (χ0) is 17.2. The second-order valence-corrected chi connectivity index (χ2v) is 6.53. The molecule has 1 saturated carbocycles. The smallest absolute Gasteiger partial charge is 0.227 e. The number of benzene rings is 1. The summed E-state index contributed by atoms with van der Waals surface area (Å²) in [6.07, 6.45) is 6.48. The lowest BCUT2D eigenvalue weighted by atomic mass is 9.95. The second kappa shape index (κ2) is 6.64. The summed E-state index contributed by atoms with van der Waals surface area (Å²) in [4.78, 5) is 21.3. The van der Waals surface area contributed by atoms with Gasteiger partial charge in [0.05, 0.1) is 22.9 Å². The number of aromatic nitrogens is 3. The number of hydrogen-bond acceptors (Lipinski definition) is 4. The van der Waals surface area contributed by atoms with E-state index < -0.39 is 0 Å². The molecule has 1 aliphatic rings. The van der Waals surface area contributed by atoms with Gasteiger partial charge in [-0.2, -0.15) is 0 Å². The highest BCUT2D eigenvalue weighted by molar-refractivity contribution is 5.92. The number of hydrogen-bond donors (Lipinski definition) is 2. The molecule has 2 heterocycles. The lowest BCUT2D eigenvalue weighted by Gasteiger charge is -2.17. The van der Waals surface area contributed by atoms with E-state index in [0.29, 0.717) is 18.2 Å². The van der Waals surface area contributed by atoms with E-state index in [1.165, 1.54) is 0 Å². The molecule has 0 saturated heterocycles. The topological polar surface area (TPSA) is 85.8 Å². The van der Waals surface area contributed by atoms with Crippen LogP contribution in [0.5, 0.6) is 0 Å². The van der Waals surface area contributed by atoms with E-state index in [0.717, 1.165) is 36.1 Å². The number of anilines is 1. The molecule has 0 radical (unpaired) electrons. The van der Waals surface area contributed by atoms with Gasteiger partial charge >= 0.3 is 0 Å². The number of nitrogens with zero attached hydrogens (tertiary/aromatic N) is 3. The van der Waals surface area contributed by atoms with Crippen LogP contribution in [0.3, 0.4) is 0 Å². The van der Waals surface area contributed by atoms with Crippen molar-refractivity contribution in [2.75, 3.05) is 11.9 Å². The first-order valence-electron chi connectivity index (χ1n) is 8.65. The largest absolute Gasteiger partial charge is 0.330 e. The number of para-hydroxylation sites is 2. The fourth-order valence-corrected chi connectivity index (χ4v) is 3.64. The number of carbonyl (C=O) groups is 1. The minimum absolute atomic E-state index is 0.0160. The maximum atomic E-state index is 12.5. The van der Waals surface area contributed by atoms with Gasteiger partial charge in [0, 0.05) is 5.92 Å². The molecular weight excluding hydrogens is 314 g/mol. The van der Waals surface area contributed by atoms with Crippen LogP contribution in [0.2, 0.25) is 0 Å². The number of imidazole rings is 1. The van der Waals surface area contributed by atoms with Gasteiger partial charge in [-0.1, -0.05) is 18.6 Å². The third-order valence-electron chi connectivity index (χ3n) is 5.01. The molecule has 3 aromatic rings. The van der Waals surface area contributed by atoms with Crippen LogP contribution in [0.25, 0.3) is 16.9 Å². The Morgan fingerprint density at radius 2 is 2.08 bits per heavy atom. The van der Waals surface area contributed by atoms with Crippen LogP contribution in [0, 0.1) is 11.8 Å². The van der Waals surface area contributed by atoms with Crippen molar-refractivity contribution in [3.8, 4) is 5.82 Å². The molecule has 1 amide bonds. The van der Waals surface area contributed by atoms with Gasteiger partial charge < -0.3 is 11.1 Å². The summed E-state index contributed by atoms with van der Waals surface area (Å²) < 4.78 is 1.93. The average molecular weight is 335 g/mol. The van der Waals surface area contributed by atoms with Crippen molar-refractivity contribution in [2.45, 2.75) is 19.3 Å². The quantitative estimate of drug-likeness (QED) is 0.767. The van der Waals surface area contributed by atoms with Crippen molar-refractivity contribution in [3.05, 3.63) is 48.9 Å². The minimum Gasteiger partial charge on any atom is -0.330 e. The standard InChI is InChI=1S/C19H21N5O/c20-10-13-4-3-5-15(13)19(25)23-14-8-9-18(21-11-14)24-12-22-16-6-1-2-7-17(16)24/h1-2,6-9,11-13,15H,3-5,10,20H2,(H,23,25)/t13-,15-/m1/s1. The first-order chi connectivity index (χ1) is 12.3. The number of nitrogens with two attached hydrogens (primary N) is 1. The summed E-state index contributed by atoms with van der Waals surface area (Å²) in [5, 5.41) is 2.98. The van der Waals surface area contributed by atoms with Crippen molar-refractivity contribution in [1.82, 2.24) is 14.5 Å². The van der Waals surface area contributed by atoms with Crippen LogP contribution in [0.15, 0.2) is 48.9 Å². The van der Waals surface area contributed by atoms with E-state index in [1.807, 2.05) is 41.0 Å². The van der Waals surface area contributed by atoms with Crippen molar-refractivity contribution in [1.29, 1.82) is 0 Å². The van der Waals surface area contributed by atoms with E-state index in [-0.39, 0.29) is 11.8 Å². The third kappa shape index (κ3) is 3.00. The average Bonchev–Trinajstić information content (AvgIpc) is 3.29. The van der Waals surface area contributed by atoms with E-state index in [4.69, 9.17) is 5.73 Å². The molecule has 0 bridgehead atoms. The van der Waals surface area contributed by atoms with Crippen LogP contribution in [0.1, 0.15) is 19.3 Å². The Morgan fingerprint density at radius 1 is 1.20 bits per heavy atom. The molecule has 0 spiro atoms. The summed E-state index contributed by atoms with van der Waals surface area (Å²) in [5.74, 6) is 1.13. The van der Waals surface area contributed by atoms with Crippen molar-refractivity contribution in [2.24, 2.45) is 17.6 Å². The third-order valence-corrected chi connectivity index (χ3v) is 5.01. The molecule has 6 heteroatoms. The molecule has 1 aliphatic carbocycles. The van der Waals surface area contributed by atoms with Gasteiger partial charge in [-0.05, 0) is 49.6 Å². The summed E-state index contributed by atoms with van der Waals surface area (Å²) in [7, 11) is 0. The lowest BCUT2D eigenvalue weighted by Crippen LogP contribution is -2.29. The Kier molecular flexibility index (Phi) is 4.19. The Labute approximate surface area is 146 Å². The predicted octanol–water partition coefficient (Wildman–Crippen LogP) is 2.73. The van der Waals surface area contributed by atoms with E-state index in [1.54, 1.807) is 12.5 Å². The number of carbonyl (C=O) groups excluding carboxylic acids is 1. The van der Waals surface area contributed by atoms with Crippen LogP contribution >= 0.6 is 0 Å². The van der Waals surface area contributed by atoms with Crippen molar-refractivity contribution < 1.29 is 4.79 Å². The minimum atomic E-state index is 0.0160. The summed E-state index contributed by atoms with van der Waals surface area (Å²) >= 11 is 0. The normalized spacial score (nSPS) is 20.0. The van der Waals surface area contributed by atoms with E-state index in [2.05, 4.69) is 15.3 Å². The molecule has 128 valence electrons. The zero-order valence-corrected chi connectivity index (χ0v) is 13.9. The Bertz CT molecular complexity index is 886. The fraction of sp³-hybridized carbons (Fsp3) is 0.316. The van der Waals surface area contributed by atoms with Gasteiger partial charge in [0.1, 0.15) is 12.1 Å². The maximum absolute atomic E-state index is 12.5. The summed E-state index contributed by atoms with van der Waals surface area (Å²) in [6.45, 7) is 0.572. The van der Waals surface area contributed by atoms with E-state index in [9.17, 15) is 4.79 Å². The maximum Gasteiger partial charge on any atom is 0.227 e. The van der Waals surface area contributed by atoms with Gasteiger partial charge in [-0.3, -0.25) is 9.36 Å². The first-order valence-corrected chi connectivity index (χ1v) is 8.65. The van der Waals surface area contributed by atoms with Crippen LogP contribution in [-0.4, -0.2) is 27.0 Å². The van der Waals surface area contributed by atoms with Crippen molar-refractivity contribution >= 4 is 22.6 Å². The predicted molar refractivity (Wildman–Crippen MR) is 97.4 cm³/mol. The SMILES string of the molecule is NC[C@H]1CCC[C@H]1C(=O)Nc1ccc(-n2cnc3ccccc32)nc1. The lowest BCUT2D eigenvalue weighted by molar-refractivity contribution is -0.120. The molecule has 1 fully saturated rings. The molecular formula is C19H21N5O. The number of fused-ring (bicyclic) bond motifs is 1. The Hall–Kier alpha value is -2.73. The number of pyridine rings is 1. The van der Waals surface area contributed by atoms with Gasteiger partial charge in [-0.25, -0.2) is 9.97 Å². The molecule has 6 nitrogen and oxygen atoms in total. The van der Waals surface area contributed by atoms with Crippen LogP contribution < -0.4 is 11.1 Å². The highest BCUT2D eigenvalue weighted by atomic mass is 16.1. The summed E-state index contributed by atoms with van der Waals surface area (Å²) in [6, 6.07) is 11.7. The summed E-state index contributed by atoms with van der Waals surface area (Å²) in [5.41, 5.74) is 8.41. The highest BCUT2D eigenvalue weighted by Crippen LogP contribution is 2.31. The molecule has 4 rings (SSSR count). The Balaban J connectivity index is 1.51. The molecule has 25 heavy (non-hydrogen) atoms. The molecule has 2 atom stereocenters. The fourth-order valence-electron chi connectivity index (χ4n) is 3.64. The highest BCUT2D eigenvalue weighted by Gasteiger charge is 2.31. The zero-order valence-electron chi connectivity index (χ0n) is 13.9. The monoisotopic (exact) mass is 335 g/mol. The molecule has 3 N–H and O–H groups in total. The van der Waals surface area contributed by atoms with Crippen LogP contribution in [-0.2, 0) is 4.79 Å². The number of rotatable bonds is 4. The number of nitrogens with one attached hydrogen (secondary N) is 1. The van der Waals surface area contributed by atoms with Gasteiger partial charge in [0.15, 0.2) is 0 Å². The number of amides is 1. The van der Waals surface area contributed by atoms with Gasteiger partial charge in [0.2, 0.25) is 5.91 Å². The van der Waals surface area contributed by atoms with Crippen LogP contribution in [0.4, 0.5) is 5.69 Å². The molecule has 0 unspecified atom stereocenters. The van der Waals surface area contributed by atoms with Gasteiger partial charge in [-0.15, -0.1) is 0 Å². The van der Waals surface area contributed by atoms with Gasteiger partial charge in [0.25, 0.3) is 0 Å². The van der Waals surface area contributed by atoms with Crippen molar-refractivity contribution in [3.63, 3.8) is 0 Å².